The first-order chi connectivity index (χ1) is 12.6. The molecule has 2 aromatic rings. The van der Waals surface area contributed by atoms with E-state index >= 15 is 0 Å². The number of nitrogens with zero attached hydrogens (tertiary/aromatic N) is 4. The molecule has 126 valence electrons. The molecule has 2 aromatic heterocycles. The van der Waals surface area contributed by atoms with Crippen LogP contribution in [-0.4, -0.2) is 46.7 Å². The largest absolute Gasteiger partial charge is 0.354 e. The highest BCUT2D eigenvalue weighted by Gasteiger charge is 2.39. The van der Waals surface area contributed by atoms with Crippen LogP contribution in [0.1, 0.15) is 27.4 Å². The monoisotopic (exact) mass is 371 g/mol. The fourth-order valence-corrected chi connectivity index (χ4v) is 3.77. The number of hydrogen-bond donors (Lipinski definition) is 2. The Morgan fingerprint density at radius 1 is 1.33 bits per heavy atom. The third-order valence-electron chi connectivity index (χ3n) is 3.24. The second kappa shape index (κ2) is 6.29. The lowest BCUT2D eigenvalue weighted by Crippen LogP contribution is -2.22. The van der Waals surface area contributed by atoms with Gasteiger partial charge in [-0.05, 0) is 12.8 Å². The van der Waals surface area contributed by atoms with Gasteiger partial charge in [-0.15, -0.1) is 10.2 Å². The Kier molecular flexibility index (Phi) is 3.41. The molecule has 0 bridgehead atoms. The Morgan fingerprint density at radius 3 is 2.79 bits per heavy atom. The zero-order valence-corrected chi connectivity index (χ0v) is 13.6. The van der Waals surface area contributed by atoms with Crippen LogP contribution in [0, 0.1) is 0 Å². The van der Waals surface area contributed by atoms with Crippen molar-refractivity contribution in [3.8, 4) is 0 Å². The summed E-state index contributed by atoms with van der Waals surface area (Å²) in [6.07, 6.45) is 3.58. The molecule has 1 aliphatic carbocycles. The maximum atomic E-state index is 12.5. The third-order valence-corrected chi connectivity index (χ3v) is 5.61. The van der Waals surface area contributed by atoms with Gasteiger partial charge in [0.05, 0.1) is 10.9 Å². The zero-order chi connectivity index (χ0) is 19.8. The number of rotatable bonds is 5. The minimum Gasteiger partial charge on any atom is -0.354 e. The van der Waals surface area contributed by atoms with Crippen LogP contribution >= 0.6 is 11.6 Å². The van der Waals surface area contributed by atoms with Gasteiger partial charge in [0.25, 0.3) is 5.91 Å². The first-order valence-electron chi connectivity index (χ1n) is 8.25. The number of amides is 1. The number of carbonyl (C=O) groups is 1. The molecule has 0 unspecified atom stereocenters. The van der Waals surface area contributed by atoms with E-state index in [4.69, 9.17) is 15.7 Å². The van der Waals surface area contributed by atoms with Crippen LogP contribution in [-0.2, 0) is 9.84 Å². The molecular formula is C13H13ClN6O3S. The van der Waals surface area contributed by atoms with Gasteiger partial charge in [0.1, 0.15) is 0 Å². The number of hydrogen-bond acceptors (Lipinski definition) is 8. The Hall–Kier alpha value is -2.33. The van der Waals surface area contributed by atoms with E-state index in [-0.39, 0.29) is 21.7 Å². The lowest BCUT2D eigenvalue weighted by molar-refractivity contribution is 0.0958. The maximum absolute atomic E-state index is 12.5. The number of nitrogens with one attached hydrogen (secondary N) is 2. The highest BCUT2D eigenvalue weighted by Crippen LogP contribution is 2.35. The van der Waals surface area contributed by atoms with Gasteiger partial charge < -0.3 is 10.6 Å². The number of anilines is 2. The Balaban J connectivity index is 2.00. The molecule has 1 saturated carbocycles. The van der Waals surface area contributed by atoms with Crippen molar-refractivity contribution in [3.05, 3.63) is 29.3 Å². The number of sulfone groups is 1. The minimum absolute atomic E-state index is 0.0653. The summed E-state index contributed by atoms with van der Waals surface area (Å²) in [5, 5.41) is 10.6. The van der Waals surface area contributed by atoms with Gasteiger partial charge in [0, 0.05) is 29.5 Å². The summed E-state index contributed by atoms with van der Waals surface area (Å²) in [5.74, 6) is -1.17. The summed E-state index contributed by atoms with van der Waals surface area (Å²) in [6, 6.07) is 1.20. The van der Waals surface area contributed by atoms with Crippen molar-refractivity contribution in [2.45, 2.75) is 23.1 Å². The van der Waals surface area contributed by atoms with Crippen molar-refractivity contribution in [2.24, 2.45) is 0 Å². The molecule has 1 aliphatic rings. The molecule has 0 spiro atoms. The molecule has 0 saturated heterocycles. The third kappa shape index (κ3) is 3.15. The van der Waals surface area contributed by atoms with Gasteiger partial charge in [0.2, 0.25) is 9.84 Å². The summed E-state index contributed by atoms with van der Waals surface area (Å²) >= 11 is 5.80. The lowest BCUT2D eigenvalue weighted by atomic mass is 10.3. The molecule has 0 radical (unpaired) electrons. The van der Waals surface area contributed by atoms with E-state index in [1.165, 1.54) is 18.5 Å². The van der Waals surface area contributed by atoms with Gasteiger partial charge in [0.15, 0.2) is 21.7 Å². The molecule has 0 aromatic carbocycles. The van der Waals surface area contributed by atoms with E-state index in [0.717, 1.165) is 0 Å². The van der Waals surface area contributed by atoms with Gasteiger partial charge in [-0.3, -0.25) is 4.79 Å². The van der Waals surface area contributed by atoms with Crippen LogP contribution in [0.15, 0.2) is 23.5 Å². The SMILES string of the molecule is [2H]C([2H])([2H])NC(=O)c1nnc(Cl)cc1Nc1nccnc1S(=O)(=O)C1CC1. The Morgan fingerprint density at radius 2 is 2.08 bits per heavy atom. The van der Waals surface area contributed by atoms with E-state index in [1.54, 1.807) is 5.32 Å². The minimum atomic E-state index is -3.68. The predicted molar refractivity (Wildman–Crippen MR) is 86.0 cm³/mol. The number of aromatic nitrogens is 4. The number of carbonyl (C=O) groups excluding carboxylic acids is 1. The van der Waals surface area contributed by atoms with Crippen LogP contribution < -0.4 is 10.6 Å². The van der Waals surface area contributed by atoms with E-state index in [9.17, 15) is 13.2 Å². The molecule has 11 heteroatoms. The first kappa shape index (κ1) is 13.0. The normalized spacial score (nSPS) is 16.6. The average Bonchev–Trinajstić information content (AvgIpc) is 3.39. The smallest absolute Gasteiger partial charge is 0.273 e. The van der Waals surface area contributed by atoms with Gasteiger partial charge >= 0.3 is 0 Å². The van der Waals surface area contributed by atoms with E-state index in [0.29, 0.717) is 12.8 Å². The van der Waals surface area contributed by atoms with Crippen molar-refractivity contribution < 1.29 is 17.3 Å². The molecule has 1 fully saturated rings. The van der Waals surface area contributed by atoms with Crippen molar-refractivity contribution in [1.29, 1.82) is 0 Å². The van der Waals surface area contributed by atoms with Gasteiger partial charge in [-0.2, -0.15) is 0 Å². The average molecular weight is 372 g/mol. The molecule has 2 N–H and O–H groups in total. The number of halogens is 1. The summed E-state index contributed by atoms with van der Waals surface area (Å²) in [4.78, 5) is 20.0. The molecule has 24 heavy (non-hydrogen) atoms. The van der Waals surface area contributed by atoms with Crippen molar-refractivity contribution in [3.63, 3.8) is 0 Å². The molecule has 0 atom stereocenters. The molecular weight excluding hydrogens is 356 g/mol. The quantitative estimate of drug-likeness (QED) is 0.795. The van der Waals surface area contributed by atoms with E-state index in [2.05, 4.69) is 25.5 Å². The van der Waals surface area contributed by atoms with Crippen LogP contribution in [0.5, 0.6) is 0 Å². The summed E-state index contributed by atoms with van der Waals surface area (Å²) in [7, 11) is -3.68. The Bertz CT molecular complexity index is 997. The fraction of sp³-hybridized carbons (Fsp3) is 0.308. The predicted octanol–water partition coefficient (Wildman–Crippen LogP) is 0.959. The highest BCUT2D eigenvalue weighted by molar-refractivity contribution is 7.92. The topological polar surface area (TPSA) is 127 Å². The van der Waals surface area contributed by atoms with Crippen LogP contribution in [0.3, 0.4) is 0 Å². The standard InChI is InChI=1S/C13H13ClN6O3S/c1-15-12(21)10-8(6-9(14)19-20-10)18-11-13(17-5-4-16-11)24(22,23)7-2-3-7/h4-7H,2-3H2,1H3,(H,15,21)(H,16,18,19)/i1D3. The van der Waals surface area contributed by atoms with Gasteiger partial charge in [-0.25, -0.2) is 18.4 Å². The Labute approximate surface area is 147 Å². The summed E-state index contributed by atoms with van der Waals surface area (Å²) in [5.41, 5.74) is -0.458. The lowest BCUT2D eigenvalue weighted by Gasteiger charge is -2.12. The highest BCUT2D eigenvalue weighted by atomic mass is 35.5. The van der Waals surface area contributed by atoms with Gasteiger partial charge in [-0.1, -0.05) is 11.6 Å². The first-order valence-corrected chi connectivity index (χ1v) is 8.68. The zero-order valence-electron chi connectivity index (χ0n) is 15.0. The molecule has 1 amide bonds. The second-order valence-electron chi connectivity index (χ2n) is 4.96. The van der Waals surface area contributed by atoms with E-state index in [1.807, 2.05) is 0 Å². The van der Waals surface area contributed by atoms with Crippen molar-refractivity contribution in [2.75, 3.05) is 12.3 Å². The second-order valence-corrected chi connectivity index (χ2v) is 7.49. The summed E-state index contributed by atoms with van der Waals surface area (Å²) < 4.78 is 46.4. The maximum Gasteiger partial charge on any atom is 0.273 e. The molecule has 2 heterocycles. The summed E-state index contributed by atoms with van der Waals surface area (Å²) in [6.45, 7) is -2.75. The molecule has 0 aliphatic heterocycles. The van der Waals surface area contributed by atoms with Crippen LogP contribution in [0.2, 0.25) is 5.15 Å². The molecule has 3 rings (SSSR count). The van der Waals surface area contributed by atoms with Crippen LogP contribution in [0.25, 0.3) is 0 Å². The van der Waals surface area contributed by atoms with E-state index < -0.39 is 33.7 Å². The van der Waals surface area contributed by atoms with Crippen LogP contribution in [0.4, 0.5) is 11.5 Å². The fourth-order valence-electron chi connectivity index (χ4n) is 1.97. The molecule has 9 nitrogen and oxygen atoms in total. The van der Waals surface area contributed by atoms with Crippen molar-refractivity contribution in [1.82, 2.24) is 25.5 Å². The van der Waals surface area contributed by atoms with Crippen molar-refractivity contribution >= 4 is 38.9 Å².